The molecule has 0 spiro atoms. The number of nitrogens with two attached hydrogens (primary N) is 1. The van der Waals surface area contributed by atoms with Crippen LogP contribution >= 0.6 is 0 Å². The summed E-state index contributed by atoms with van der Waals surface area (Å²) in [6.45, 7) is 3.98. The molecule has 2 aromatic heterocycles. The Bertz CT molecular complexity index is 482. The first-order valence-electron chi connectivity index (χ1n) is 5.01. The number of rotatable bonds is 2. The van der Waals surface area contributed by atoms with E-state index in [1.807, 2.05) is 26.1 Å². The van der Waals surface area contributed by atoms with E-state index in [4.69, 9.17) is 10.2 Å². The SMILES string of the molecule is CCc1c(-c2ccc(C)o2)nn(C)c1N. The van der Waals surface area contributed by atoms with Gasteiger partial charge in [-0.05, 0) is 25.5 Å². The molecule has 80 valence electrons. The van der Waals surface area contributed by atoms with Crippen LogP contribution in [0.4, 0.5) is 5.82 Å². The summed E-state index contributed by atoms with van der Waals surface area (Å²) in [7, 11) is 1.84. The Balaban J connectivity index is 2.57. The average Bonchev–Trinajstić information content (AvgIpc) is 2.73. The number of nitrogen functional groups attached to an aromatic ring is 1. The Morgan fingerprint density at radius 1 is 1.47 bits per heavy atom. The molecular weight excluding hydrogens is 190 g/mol. The number of hydrogen-bond donors (Lipinski definition) is 1. The summed E-state index contributed by atoms with van der Waals surface area (Å²) in [6, 6.07) is 3.86. The maximum absolute atomic E-state index is 5.92. The zero-order chi connectivity index (χ0) is 11.0. The quantitative estimate of drug-likeness (QED) is 0.817. The average molecular weight is 205 g/mol. The van der Waals surface area contributed by atoms with Crippen LogP contribution in [0, 0.1) is 6.92 Å². The van der Waals surface area contributed by atoms with Crippen molar-refractivity contribution in [3.63, 3.8) is 0 Å². The van der Waals surface area contributed by atoms with Crippen molar-refractivity contribution in [3.8, 4) is 11.5 Å². The smallest absolute Gasteiger partial charge is 0.154 e. The zero-order valence-corrected chi connectivity index (χ0v) is 9.24. The fourth-order valence-corrected chi connectivity index (χ4v) is 1.69. The Hall–Kier alpha value is -1.71. The maximum Gasteiger partial charge on any atom is 0.154 e. The summed E-state index contributed by atoms with van der Waals surface area (Å²) in [5, 5.41) is 4.36. The van der Waals surface area contributed by atoms with Crippen LogP contribution in [-0.2, 0) is 13.5 Å². The molecule has 0 atom stereocenters. The van der Waals surface area contributed by atoms with Crippen molar-refractivity contribution in [2.24, 2.45) is 7.05 Å². The molecule has 0 aromatic carbocycles. The maximum atomic E-state index is 5.92. The molecule has 0 aliphatic carbocycles. The minimum absolute atomic E-state index is 0.710. The highest BCUT2D eigenvalue weighted by Crippen LogP contribution is 2.28. The molecule has 0 aliphatic heterocycles. The van der Waals surface area contributed by atoms with E-state index in [9.17, 15) is 0 Å². The summed E-state index contributed by atoms with van der Waals surface area (Å²) in [5.41, 5.74) is 7.82. The highest BCUT2D eigenvalue weighted by molar-refractivity contribution is 5.64. The van der Waals surface area contributed by atoms with Gasteiger partial charge in [0.25, 0.3) is 0 Å². The van der Waals surface area contributed by atoms with Gasteiger partial charge in [-0.2, -0.15) is 5.10 Å². The van der Waals surface area contributed by atoms with Gasteiger partial charge in [-0.25, -0.2) is 0 Å². The van der Waals surface area contributed by atoms with Gasteiger partial charge in [0.2, 0.25) is 0 Å². The van der Waals surface area contributed by atoms with Crippen molar-refractivity contribution >= 4 is 5.82 Å². The van der Waals surface area contributed by atoms with Crippen LogP contribution in [-0.4, -0.2) is 9.78 Å². The first-order valence-corrected chi connectivity index (χ1v) is 5.01. The van der Waals surface area contributed by atoms with Crippen molar-refractivity contribution in [3.05, 3.63) is 23.5 Å². The fourth-order valence-electron chi connectivity index (χ4n) is 1.69. The molecule has 0 amide bonds. The largest absolute Gasteiger partial charge is 0.460 e. The van der Waals surface area contributed by atoms with E-state index in [0.29, 0.717) is 5.82 Å². The summed E-state index contributed by atoms with van der Waals surface area (Å²) in [5.74, 6) is 2.38. The van der Waals surface area contributed by atoms with Gasteiger partial charge < -0.3 is 10.2 Å². The lowest BCUT2D eigenvalue weighted by atomic mass is 10.1. The second-order valence-electron chi connectivity index (χ2n) is 3.60. The molecule has 2 aromatic rings. The van der Waals surface area contributed by atoms with Crippen molar-refractivity contribution < 1.29 is 4.42 Å². The second kappa shape index (κ2) is 3.46. The van der Waals surface area contributed by atoms with E-state index in [1.165, 1.54) is 0 Å². The van der Waals surface area contributed by atoms with Crippen LogP contribution in [0.1, 0.15) is 18.2 Å². The molecule has 0 fully saturated rings. The van der Waals surface area contributed by atoms with Crippen LogP contribution in [0.3, 0.4) is 0 Å². The van der Waals surface area contributed by atoms with Crippen LogP contribution in [0.25, 0.3) is 11.5 Å². The molecule has 0 saturated heterocycles. The number of aromatic nitrogens is 2. The second-order valence-corrected chi connectivity index (χ2v) is 3.60. The number of furan rings is 1. The minimum atomic E-state index is 0.710. The van der Waals surface area contributed by atoms with Crippen molar-refractivity contribution in [2.75, 3.05) is 5.73 Å². The highest BCUT2D eigenvalue weighted by atomic mass is 16.3. The molecule has 15 heavy (non-hydrogen) atoms. The summed E-state index contributed by atoms with van der Waals surface area (Å²) >= 11 is 0. The van der Waals surface area contributed by atoms with Crippen LogP contribution in [0.2, 0.25) is 0 Å². The third-order valence-electron chi connectivity index (χ3n) is 2.52. The summed E-state index contributed by atoms with van der Waals surface area (Å²) in [6.07, 6.45) is 0.856. The molecule has 2 rings (SSSR count). The molecular formula is C11H15N3O. The zero-order valence-electron chi connectivity index (χ0n) is 9.24. The third kappa shape index (κ3) is 1.52. The van der Waals surface area contributed by atoms with Gasteiger partial charge in [-0.1, -0.05) is 6.92 Å². The molecule has 2 heterocycles. The molecule has 4 heteroatoms. The van der Waals surface area contributed by atoms with Crippen LogP contribution < -0.4 is 5.73 Å². The lowest BCUT2D eigenvalue weighted by molar-refractivity contribution is 0.544. The molecule has 0 unspecified atom stereocenters. The number of anilines is 1. The molecule has 0 bridgehead atoms. The standard InChI is InChI=1S/C11H15N3O/c1-4-8-10(13-14(3)11(8)12)9-6-5-7(2)15-9/h5-6H,4,12H2,1-3H3. The van der Waals surface area contributed by atoms with E-state index in [0.717, 1.165) is 29.2 Å². The molecule has 0 radical (unpaired) electrons. The van der Waals surface area contributed by atoms with E-state index >= 15 is 0 Å². The predicted molar refractivity (Wildman–Crippen MR) is 59.4 cm³/mol. The van der Waals surface area contributed by atoms with Crippen molar-refractivity contribution in [1.82, 2.24) is 9.78 Å². The minimum Gasteiger partial charge on any atom is -0.460 e. The number of nitrogens with zero attached hydrogens (tertiary/aromatic N) is 2. The normalized spacial score (nSPS) is 10.9. The monoisotopic (exact) mass is 205 g/mol. The van der Waals surface area contributed by atoms with Gasteiger partial charge in [0, 0.05) is 12.6 Å². The van der Waals surface area contributed by atoms with E-state index < -0.39 is 0 Å². The summed E-state index contributed by atoms with van der Waals surface area (Å²) in [4.78, 5) is 0. The van der Waals surface area contributed by atoms with Crippen molar-refractivity contribution in [1.29, 1.82) is 0 Å². The lowest BCUT2D eigenvalue weighted by Gasteiger charge is -1.96. The highest BCUT2D eigenvalue weighted by Gasteiger charge is 2.16. The van der Waals surface area contributed by atoms with Crippen LogP contribution in [0.5, 0.6) is 0 Å². The first kappa shape index (κ1) is 9.83. The Labute approximate surface area is 88.7 Å². The van der Waals surface area contributed by atoms with E-state index in [-0.39, 0.29) is 0 Å². The predicted octanol–water partition coefficient (Wildman–Crippen LogP) is 2.13. The number of aryl methyl sites for hydroxylation is 2. The fraction of sp³-hybridized carbons (Fsp3) is 0.364. The Morgan fingerprint density at radius 2 is 2.20 bits per heavy atom. The molecule has 0 aliphatic rings. The van der Waals surface area contributed by atoms with Gasteiger partial charge in [0.1, 0.15) is 17.3 Å². The van der Waals surface area contributed by atoms with Crippen LogP contribution in [0.15, 0.2) is 16.5 Å². The molecule has 4 nitrogen and oxygen atoms in total. The number of hydrogen-bond acceptors (Lipinski definition) is 3. The van der Waals surface area contributed by atoms with E-state index in [1.54, 1.807) is 4.68 Å². The van der Waals surface area contributed by atoms with Gasteiger partial charge in [0.15, 0.2) is 5.76 Å². The molecule has 0 saturated carbocycles. The topological polar surface area (TPSA) is 57.0 Å². The van der Waals surface area contributed by atoms with Gasteiger partial charge >= 0.3 is 0 Å². The summed E-state index contributed by atoms with van der Waals surface area (Å²) < 4.78 is 7.24. The van der Waals surface area contributed by atoms with Crippen molar-refractivity contribution in [2.45, 2.75) is 20.3 Å². The Morgan fingerprint density at radius 3 is 2.73 bits per heavy atom. The van der Waals surface area contributed by atoms with Gasteiger partial charge in [-0.15, -0.1) is 0 Å². The van der Waals surface area contributed by atoms with E-state index in [2.05, 4.69) is 12.0 Å². The van der Waals surface area contributed by atoms with Gasteiger partial charge in [-0.3, -0.25) is 4.68 Å². The first-order chi connectivity index (χ1) is 7.13. The third-order valence-corrected chi connectivity index (χ3v) is 2.52. The molecule has 2 N–H and O–H groups in total. The lowest BCUT2D eigenvalue weighted by Crippen LogP contribution is -1.98. The van der Waals surface area contributed by atoms with Gasteiger partial charge in [0.05, 0.1) is 0 Å². The Kier molecular flexibility index (Phi) is 2.26.